The van der Waals surface area contributed by atoms with Crippen molar-refractivity contribution in [2.24, 2.45) is 0 Å². The van der Waals surface area contributed by atoms with Crippen molar-refractivity contribution in [1.82, 2.24) is 4.98 Å². The summed E-state index contributed by atoms with van der Waals surface area (Å²) in [5.41, 5.74) is 1.21. The van der Waals surface area contributed by atoms with Gasteiger partial charge in [-0.25, -0.2) is 4.39 Å². The summed E-state index contributed by atoms with van der Waals surface area (Å²) in [4.78, 5) is 5.73. The molecular formula is C16H9FN2S. The van der Waals surface area contributed by atoms with E-state index in [0.717, 1.165) is 15.8 Å². The molecule has 0 N–H and O–H groups in total. The molecule has 0 aliphatic rings. The van der Waals surface area contributed by atoms with Crippen LogP contribution in [0, 0.1) is 17.1 Å². The van der Waals surface area contributed by atoms with Crippen LogP contribution in [-0.4, -0.2) is 4.98 Å². The summed E-state index contributed by atoms with van der Waals surface area (Å²) in [6.07, 6.45) is 1.74. The highest BCUT2D eigenvalue weighted by molar-refractivity contribution is 7.99. The van der Waals surface area contributed by atoms with Gasteiger partial charge in [0.05, 0.1) is 17.1 Å². The predicted molar refractivity (Wildman–Crippen MR) is 77.0 cm³/mol. The summed E-state index contributed by atoms with van der Waals surface area (Å²) in [6, 6.07) is 16.0. The Hall–Kier alpha value is -2.38. The Morgan fingerprint density at radius 2 is 1.95 bits per heavy atom. The lowest BCUT2D eigenvalue weighted by molar-refractivity contribution is 0.601. The molecule has 0 aliphatic carbocycles. The van der Waals surface area contributed by atoms with Gasteiger partial charge in [0.25, 0.3) is 0 Å². The highest BCUT2D eigenvalue weighted by Gasteiger charge is 2.08. The van der Waals surface area contributed by atoms with Crippen LogP contribution < -0.4 is 0 Å². The van der Waals surface area contributed by atoms with Crippen LogP contribution in [0.5, 0.6) is 0 Å². The Balaban J connectivity index is 2.04. The van der Waals surface area contributed by atoms with Gasteiger partial charge in [-0.15, -0.1) is 0 Å². The Bertz CT molecular complexity index is 819. The topological polar surface area (TPSA) is 36.7 Å². The summed E-state index contributed by atoms with van der Waals surface area (Å²) in [6.45, 7) is 0. The first-order valence-electron chi connectivity index (χ1n) is 5.99. The lowest BCUT2D eigenvalue weighted by Gasteiger charge is -2.06. The van der Waals surface area contributed by atoms with Gasteiger partial charge >= 0.3 is 0 Å². The monoisotopic (exact) mass is 280 g/mol. The van der Waals surface area contributed by atoms with Crippen molar-refractivity contribution in [3.05, 3.63) is 66.1 Å². The molecule has 0 aliphatic heterocycles. The molecule has 0 amide bonds. The van der Waals surface area contributed by atoms with E-state index < -0.39 is 0 Å². The van der Waals surface area contributed by atoms with Crippen molar-refractivity contribution in [2.75, 3.05) is 0 Å². The molecule has 4 heteroatoms. The second-order valence-electron chi connectivity index (χ2n) is 4.19. The van der Waals surface area contributed by atoms with Gasteiger partial charge in [0, 0.05) is 21.4 Å². The zero-order chi connectivity index (χ0) is 13.9. The molecule has 0 bridgehead atoms. The number of nitrogens with zero attached hydrogens (tertiary/aromatic N) is 2. The summed E-state index contributed by atoms with van der Waals surface area (Å²) < 4.78 is 13.9. The van der Waals surface area contributed by atoms with Crippen molar-refractivity contribution in [3.8, 4) is 6.07 Å². The van der Waals surface area contributed by atoms with Crippen LogP contribution in [0.3, 0.4) is 0 Å². The van der Waals surface area contributed by atoms with Crippen molar-refractivity contribution >= 4 is 22.7 Å². The number of halogens is 1. The molecule has 3 rings (SSSR count). The second kappa shape index (κ2) is 5.32. The molecule has 2 aromatic carbocycles. The molecule has 0 radical (unpaired) electrons. The number of nitriles is 1. The smallest absolute Gasteiger partial charge is 0.138 e. The maximum atomic E-state index is 13.9. The maximum absolute atomic E-state index is 13.9. The molecule has 1 aromatic heterocycles. The van der Waals surface area contributed by atoms with Crippen LogP contribution in [0.15, 0.2) is 64.5 Å². The fourth-order valence-electron chi connectivity index (χ4n) is 1.94. The summed E-state index contributed by atoms with van der Waals surface area (Å²) >= 11 is 1.34. The minimum Gasteiger partial charge on any atom is -0.256 e. The fraction of sp³-hybridized carbons (Fsp3) is 0. The van der Waals surface area contributed by atoms with E-state index in [1.165, 1.54) is 17.8 Å². The molecule has 2 nitrogen and oxygen atoms in total. The Kier molecular flexibility index (Phi) is 3.36. The number of aromatic nitrogens is 1. The van der Waals surface area contributed by atoms with Gasteiger partial charge < -0.3 is 0 Å². The van der Waals surface area contributed by atoms with Crippen molar-refractivity contribution in [2.45, 2.75) is 9.79 Å². The quantitative estimate of drug-likeness (QED) is 0.698. The van der Waals surface area contributed by atoms with Crippen molar-refractivity contribution < 1.29 is 4.39 Å². The SMILES string of the molecule is N#Cc1ccc(Sc2cccc3ncccc23)c(F)c1. The third-order valence-corrected chi connectivity index (χ3v) is 4.01. The summed E-state index contributed by atoms with van der Waals surface area (Å²) in [5, 5.41) is 9.74. The molecule has 0 spiro atoms. The Morgan fingerprint density at radius 1 is 1.05 bits per heavy atom. The third-order valence-electron chi connectivity index (χ3n) is 2.89. The van der Waals surface area contributed by atoms with E-state index in [-0.39, 0.29) is 5.82 Å². The molecule has 0 saturated carbocycles. The first-order chi connectivity index (χ1) is 9.78. The molecule has 20 heavy (non-hydrogen) atoms. The van der Waals surface area contributed by atoms with Crippen LogP contribution in [0.2, 0.25) is 0 Å². The van der Waals surface area contributed by atoms with Crippen LogP contribution in [0.1, 0.15) is 5.56 Å². The van der Waals surface area contributed by atoms with E-state index in [4.69, 9.17) is 5.26 Å². The van der Waals surface area contributed by atoms with E-state index >= 15 is 0 Å². The Morgan fingerprint density at radius 3 is 2.75 bits per heavy atom. The van der Waals surface area contributed by atoms with Gasteiger partial charge in [-0.3, -0.25) is 4.98 Å². The van der Waals surface area contributed by atoms with E-state index in [9.17, 15) is 4.39 Å². The average Bonchev–Trinajstić information content (AvgIpc) is 2.49. The minimum atomic E-state index is -0.380. The van der Waals surface area contributed by atoms with Gasteiger partial charge in [-0.1, -0.05) is 23.9 Å². The highest BCUT2D eigenvalue weighted by atomic mass is 32.2. The summed E-state index contributed by atoms with van der Waals surface area (Å²) in [7, 11) is 0. The zero-order valence-corrected chi connectivity index (χ0v) is 11.2. The number of rotatable bonds is 2. The lowest BCUT2D eigenvalue weighted by Crippen LogP contribution is -1.85. The van der Waals surface area contributed by atoms with Crippen LogP contribution >= 0.6 is 11.8 Å². The Labute approximate surface area is 119 Å². The van der Waals surface area contributed by atoms with E-state index in [1.807, 2.05) is 36.4 Å². The zero-order valence-electron chi connectivity index (χ0n) is 10.4. The molecule has 1 heterocycles. The molecule has 96 valence electrons. The number of hydrogen-bond acceptors (Lipinski definition) is 3. The largest absolute Gasteiger partial charge is 0.256 e. The van der Waals surface area contributed by atoms with Gasteiger partial charge in [0.2, 0.25) is 0 Å². The highest BCUT2D eigenvalue weighted by Crippen LogP contribution is 2.34. The molecule has 0 fully saturated rings. The van der Waals surface area contributed by atoms with E-state index in [0.29, 0.717) is 10.5 Å². The second-order valence-corrected chi connectivity index (χ2v) is 5.27. The fourth-order valence-corrected chi connectivity index (χ4v) is 2.89. The molecular weight excluding hydrogens is 271 g/mol. The average molecular weight is 280 g/mol. The first kappa shape index (κ1) is 12.6. The van der Waals surface area contributed by atoms with Crippen LogP contribution in [-0.2, 0) is 0 Å². The normalized spacial score (nSPS) is 10.4. The van der Waals surface area contributed by atoms with Crippen LogP contribution in [0.25, 0.3) is 10.9 Å². The van der Waals surface area contributed by atoms with Gasteiger partial charge in [0.15, 0.2) is 0 Å². The van der Waals surface area contributed by atoms with Crippen molar-refractivity contribution in [1.29, 1.82) is 5.26 Å². The van der Waals surface area contributed by atoms with Gasteiger partial charge in [-0.2, -0.15) is 5.26 Å². The third kappa shape index (κ3) is 2.36. The summed E-state index contributed by atoms with van der Waals surface area (Å²) in [5.74, 6) is -0.380. The molecule has 0 atom stereocenters. The predicted octanol–water partition coefficient (Wildman–Crippen LogP) is 4.40. The van der Waals surface area contributed by atoms with Crippen molar-refractivity contribution in [3.63, 3.8) is 0 Å². The van der Waals surface area contributed by atoms with E-state index in [2.05, 4.69) is 4.98 Å². The van der Waals surface area contributed by atoms with Crippen LogP contribution in [0.4, 0.5) is 4.39 Å². The minimum absolute atomic E-state index is 0.325. The van der Waals surface area contributed by atoms with Gasteiger partial charge in [-0.05, 0) is 36.4 Å². The molecule has 0 saturated heterocycles. The van der Waals surface area contributed by atoms with E-state index in [1.54, 1.807) is 18.3 Å². The molecule has 0 unspecified atom stereocenters. The number of benzene rings is 2. The molecule has 3 aromatic rings. The number of hydrogen-bond donors (Lipinski definition) is 0. The first-order valence-corrected chi connectivity index (χ1v) is 6.81. The lowest BCUT2D eigenvalue weighted by atomic mass is 10.2. The van der Waals surface area contributed by atoms with Gasteiger partial charge in [0.1, 0.15) is 5.82 Å². The standard InChI is InChI=1S/C16H9FN2S/c17-13-9-11(10-18)6-7-16(13)20-15-5-1-4-14-12(15)3-2-8-19-14/h1-9H. The number of pyridine rings is 1. The maximum Gasteiger partial charge on any atom is 0.138 e. The number of fused-ring (bicyclic) bond motifs is 1.